The van der Waals surface area contributed by atoms with Crippen molar-refractivity contribution in [1.29, 1.82) is 0 Å². The summed E-state index contributed by atoms with van der Waals surface area (Å²) in [7, 11) is 0. The number of esters is 1. The lowest BCUT2D eigenvalue weighted by molar-refractivity contribution is 0.0725. The van der Waals surface area contributed by atoms with Gasteiger partial charge in [0.1, 0.15) is 0 Å². The largest absolute Gasteiger partial charge is 0.418 e. The van der Waals surface area contributed by atoms with Crippen molar-refractivity contribution in [3.63, 3.8) is 0 Å². The summed E-state index contributed by atoms with van der Waals surface area (Å²) in [6, 6.07) is 9.26. The van der Waals surface area contributed by atoms with E-state index in [4.69, 9.17) is 4.74 Å². The molecule has 2 aromatic rings. The van der Waals surface area contributed by atoms with E-state index in [-0.39, 0.29) is 5.75 Å². The van der Waals surface area contributed by atoms with Gasteiger partial charge in [-0.1, -0.05) is 25.5 Å². The summed E-state index contributed by atoms with van der Waals surface area (Å²) in [6.45, 7) is 2.24. The lowest BCUT2D eigenvalue weighted by Crippen LogP contribution is -2.13. The topological polar surface area (TPSA) is 39.2 Å². The van der Waals surface area contributed by atoms with Gasteiger partial charge in [0.2, 0.25) is 5.95 Å². The molecule has 1 aromatic carbocycles. The van der Waals surface area contributed by atoms with Crippen LogP contribution < -0.4 is 4.74 Å². The molecule has 1 aliphatic carbocycles. The number of carbonyl (C=O) groups is 1. The molecule has 3 nitrogen and oxygen atoms in total. The molecule has 25 heavy (non-hydrogen) atoms. The first kappa shape index (κ1) is 17.5. The fraction of sp³-hybridized carbons (Fsp3) is 0.400. The van der Waals surface area contributed by atoms with Gasteiger partial charge in [0, 0.05) is 0 Å². The zero-order chi connectivity index (χ0) is 17.8. The van der Waals surface area contributed by atoms with Gasteiger partial charge in [0.25, 0.3) is 5.95 Å². The third kappa shape index (κ3) is 4.21. The number of benzene rings is 1. The number of aromatic nitrogens is 1. The standard InChI is InChI=1S/C20H21F2NO2/c1-2-13-3-5-14(6-4-13)15-7-9-16(10-8-15)20(24)25-17-11-12-18(21)23-19(17)22/h7-14H,2-6H2,1H3/t13-,14-. The van der Waals surface area contributed by atoms with E-state index in [2.05, 4.69) is 11.9 Å². The van der Waals surface area contributed by atoms with E-state index in [0.29, 0.717) is 11.5 Å². The molecule has 1 heterocycles. The number of ether oxygens (including phenoxy) is 1. The van der Waals surface area contributed by atoms with Crippen LogP contribution in [0.1, 0.15) is 60.9 Å². The summed E-state index contributed by atoms with van der Waals surface area (Å²) >= 11 is 0. The van der Waals surface area contributed by atoms with E-state index in [1.54, 1.807) is 12.1 Å². The van der Waals surface area contributed by atoms with Crippen LogP contribution in [-0.2, 0) is 0 Å². The van der Waals surface area contributed by atoms with Crippen LogP contribution in [0, 0.1) is 17.8 Å². The number of halogens is 2. The second-order valence-corrected chi connectivity index (χ2v) is 6.56. The summed E-state index contributed by atoms with van der Waals surface area (Å²) in [6.07, 6.45) is 6.10. The molecule has 3 rings (SSSR count). The van der Waals surface area contributed by atoms with E-state index in [9.17, 15) is 13.6 Å². The van der Waals surface area contributed by atoms with Gasteiger partial charge < -0.3 is 4.74 Å². The van der Waals surface area contributed by atoms with Crippen molar-refractivity contribution < 1.29 is 18.3 Å². The van der Waals surface area contributed by atoms with Crippen LogP contribution in [-0.4, -0.2) is 11.0 Å². The van der Waals surface area contributed by atoms with E-state index >= 15 is 0 Å². The third-order valence-electron chi connectivity index (χ3n) is 5.03. The van der Waals surface area contributed by atoms with Crippen molar-refractivity contribution in [3.05, 3.63) is 59.4 Å². The fourth-order valence-electron chi connectivity index (χ4n) is 3.43. The van der Waals surface area contributed by atoms with Crippen molar-refractivity contribution in [1.82, 2.24) is 4.98 Å². The Morgan fingerprint density at radius 1 is 1.08 bits per heavy atom. The van der Waals surface area contributed by atoms with E-state index < -0.39 is 17.9 Å². The molecule has 1 fully saturated rings. The van der Waals surface area contributed by atoms with Crippen molar-refractivity contribution in [2.75, 3.05) is 0 Å². The summed E-state index contributed by atoms with van der Waals surface area (Å²) in [5.41, 5.74) is 1.55. The zero-order valence-electron chi connectivity index (χ0n) is 14.2. The van der Waals surface area contributed by atoms with Crippen LogP contribution in [0.4, 0.5) is 8.78 Å². The van der Waals surface area contributed by atoms with Crippen molar-refractivity contribution >= 4 is 5.97 Å². The molecular weight excluding hydrogens is 324 g/mol. The molecule has 0 radical (unpaired) electrons. The number of hydrogen-bond donors (Lipinski definition) is 0. The fourth-order valence-corrected chi connectivity index (χ4v) is 3.43. The molecule has 0 amide bonds. The Bertz CT molecular complexity index is 738. The zero-order valence-corrected chi connectivity index (χ0v) is 14.2. The van der Waals surface area contributed by atoms with Gasteiger partial charge in [0.05, 0.1) is 5.56 Å². The van der Waals surface area contributed by atoms with Crippen LogP contribution in [0.5, 0.6) is 5.75 Å². The summed E-state index contributed by atoms with van der Waals surface area (Å²) in [4.78, 5) is 15.1. The molecule has 0 N–H and O–H groups in total. The normalized spacial score (nSPS) is 20.3. The average molecular weight is 345 g/mol. The van der Waals surface area contributed by atoms with Gasteiger partial charge in [-0.05, 0) is 67.3 Å². The Hall–Kier alpha value is -2.30. The predicted octanol–water partition coefficient (Wildman–Crippen LogP) is 5.26. The van der Waals surface area contributed by atoms with Crippen LogP contribution in [0.25, 0.3) is 0 Å². The summed E-state index contributed by atoms with van der Waals surface area (Å²) < 4.78 is 31.2. The first-order valence-electron chi connectivity index (χ1n) is 8.71. The molecule has 0 aliphatic heterocycles. The Balaban J connectivity index is 1.64. The molecule has 1 saturated carbocycles. The van der Waals surface area contributed by atoms with Gasteiger partial charge in [-0.15, -0.1) is 0 Å². The molecular formula is C20H21F2NO2. The highest BCUT2D eigenvalue weighted by Crippen LogP contribution is 2.36. The molecule has 0 saturated heterocycles. The van der Waals surface area contributed by atoms with Crippen molar-refractivity contribution in [2.24, 2.45) is 5.92 Å². The second-order valence-electron chi connectivity index (χ2n) is 6.56. The van der Waals surface area contributed by atoms with E-state index in [1.165, 1.54) is 37.7 Å². The Morgan fingerprint density at radius 2 is 1.76 bits per heavy atom. The second kappa shape index (κ2) is 7.72. The molecule has 0 spiro atoms. The Kier molecular flexibility index (Phi) is 5.41. The molecule has 1 aromatic heterocycles. The maximum atomic E-state index is 13.5. The molecule has 132 valence electrons. The highest BCUT2D eigenvalue weighted by atomic mass is 19.1. The highest BCUT2D eigenvalue weighted by molar-refractivity contribution is 5.91. The number of carbonyl (C=O) groups excluding carboxylic acids is 1. The SMILES string of the molecule is CC[C@H]1CC[C@H](c2ccc(C(=O)Oc3ccc(F)nc3F)cc2)CC1. The quantitative estimate of drug-likeness (QED) is 0.560. The Labute approximate surface area is 146 Å². The predicted molar refractivity (Wildman–Crippen MR) is 90.5 cm³/mol. The molecule has 5 heteroatoms. The maximum absolute atomic E-state index is 13.5. The van der Waals surface area contributed by atoms with Gasteiger partial charge in [-0.25, -0.2) is 4.79 Å². The minimum absolute atomic E-state index is 0.328. The number of hydrogen-bond acceptors (Lipinski definition) is 3. The molecule has 0 unspecified atom stereocenters. The number of rotatable bonds is 4. The minimum atomic E-state index is -1.14. The first-order chi connectivity index (χ1) is 12.1. The van der Waals surface area contributed by atoms with Gasteiger partial charge in [-0.2, -0.15) is 13.8 Å². The molecule has 0 bridgehead atoms. The van der Waals surface area contributed by atoms with Crippen LogP contribution in [0.15, 0.2) is 36.4 Å². The van der Waals surface area contributed by atoms with Gasteiger partial charge in [0.15, 0.2) is 5.75 Å². The van der Waals surface area contributed by atoms with Gasteiger partial charge >= 0.3 is 5.97 Å². The number of pyridine rings is 1. The smallest absolute Gasteiger partial charge is 0.343 e. The summed E-state index contributed by atoms with van der Waals surface area (Å²) in [5, 5.41) is 0. The minimum Gasteiger partial charge on any atom is -0.418 e. The van der Waals surface area contributed by atoms with E-state index in [0.717, 1.165) is 18.1 Å². The highest BCUT2D eigenvalue weighted by Gasteiger charge is 2.21. The lowest BCUT2D eigenvalue weighted by Gasteiger charge is -2.28. The third-order valence-corrected chi connectivity index (χ3v) is 5.03. The van der Waals surface area contributed by atoms with Crippen LogP contribution >= 0.6 is 0 Å². The van der Waals surface area contributed by atoms with Crippen molar-refractivity contribution in [3.8, 4) is 5.75 Å². The van der Waals surface area contributed by atoms with Crippen LogP contribution in [0.2, 0.25) is 0 Å². The summed E-state index contributed by atoms with van der Waals surface area (Å²) in [5.74, 6) is -1.80. The average Bonchev–Trinajstić information content (AvgIpc) is 2.64. The van der Waals surface area contributed by atoms with Crippen LogP contribution in [0.3, 0.4) is 0 Å². The monoisotopic (exact) mass is 345 g/mol. The van der Waals surface area contributed by atoms with E-state index in [1.807, 2.05) is 12.1 Å². The first-order valence-corrected chi connectivity index (χ1v) is 8.71. The lowest BCUT2D eigenvalue weighted by atomic mass is 9.78. The van der Waals surface area contributed by atoms with Crippen molar-refractivity contribution in [2.45, 2.75) is 44.9 Å². The molecule has 1 aliphatic rings. The molecule has 0 atom stereocenters. The Morgan fingerprint density at radius 3 is 2.36 bits per heavy atom. The maximum Gasteiger partial charge on any atom is 0.343 e. The van der Waals surface area contributed by atoms with Gasteiger partial charge in [-0.3, -0.25) is 0 Å². The number of nitrogens with zero attached hydrogens (tertiary/aromatic N) is 1.